The second-order valence-corrected chi connectivity index (χ2v) is 4.77. The quantitative estimate of drug-likeness (QED) is 0.738. The molecule has 0 heterocycles. The number of carbonyl (C=O) groups is 2. The molecule has 17 heavy (non-hydrogen) atoms. The number of methoxy groups -OCH3 is 1. The molecule has 0 rings (SSSR count). The van der Waals surface area contributed by atoms with Crippen molar-refractivity contribution in [3.63, 3.8) is 0 Å². The van der Waals surface area contributed by atoms with E-state index in [-0.39, 0.29) is 24.8 Å². The average molecular weight is 245 g/mol. The number of hydrogen-bond donors (Lipinski definition) is 1. The summed E-state index contributed by atoms with van der Waals surface area (Å²) in [6.45, 7) is 7.76. The van der Waals surface area contributed by atoms with Crippen molar-refractivity contribution in [3.8, 4) is 0 Å². The van der Waals surface area contributed by atoms with E-state index in [2.05, 4.69) is 0 Å². The first kappa shape index (κ1) is 15.9. The summed E-state index contributed by atoms with van der Waals surface area (Å²) in [5.74, 6) is -0.970. The molecule has 0 spiro atoms. The maximum atomic E-state index is 12.0. The number of ether oxygens (including phenoxy) is 1. The fourth-order valence-corrected chi connectivity index (χ4v) is 1.63. The van der Waals surface area contributed by atoms with E-state index >= 15 is 0 Å². The SMILES string of the molecule is CCN(C(=O)CC(C)(C)OC)C(C)CC(=O)O. The van der Waals surface area contributed by atoms with Crippen LogP contribution in [0.3, 0.4) is 0 Å². The van der Waals surface area contributed by atoms with Gasteiger partial charge in [-0.1, -0.05) is 0 Å². The molecule has 0 fully saturated rings. The topological polar surface area (TPSA) is 66.8 Å². The van der Waals surface area contributed by atoms with Crippen molar-refractivity contribution >= 4 is 11.9 Å². The Morgan fingerprint density at radius 2 is 1.94 bits per heavy atom. The van der Waals surface area contributed by atoms with E-state index in [0.717, 1.165) is 0 Å². The first-order valence-corrected chi connectivity index (χ1v) is 5.80. The van der Waals surface area contributed by atoms with Gasteiger partial charge >= 0.3 is 5.97 Å². The zero-order chi connectivity index (χ0) is 13.6. The molecule has 1 atom stereocenters. The Bertz CT molecular complexity index is 276. The van der Waals surface area contributed by atoms with Gasteiger partial charge in [-0.05, 0) is 27.7 Å². The molecule has 100 valence electrons. The lowest BCUT2D eigenvalue weighted by molar-refractivity contribution is -0.142. The molecule has 0 aromatic heterocycles. The van der Waals surface area contributed by atoms with Gasteiger partial charge in [0.2, 0.25) is 5.91 Å². The minimum Gasteiger partial charge on any atom is -0.481 e. The van der Waals surface area contributed by atoms with Gasteiger partial charge in [-0.2, -0.15) is 0 Å². The summed E-state index contributed by atoms with van der Waals surface area (Å²) in [7, 11) is 1.56. The minimum atomic E-state index is -0.894. The molecule has 0 bridgehead atoms. The Hall–Kier alpha value is -1.10. The van der Waals surface area contributed by atoms with Gasteiger partial charge in [-0.3, -0.25) is 9.59 Å². The third-order valence-corrected chi connectivity index (χ3v) is 2.79. The van der Waals surface area contributed by atoms with E-state index in [9.17, 15) is 9.59 Å². The molecule has 0 aliphatic rings. The zero-order valence-electron chi connectivity index (χ0n) is 11.3. The highest BCUT2D eigenvalue weighted by atomic mass is 16.5. The molecule has 1 unspecified atom stereocenters. The fourth-order valence-electron chi connectivity index (χ4n) is 1.63. The second kappa shape index (κ2) is 6.59. The number of carboxylic acids is 1. The van der Waals surface area contributed by atoms with Crippen LogP contribution in [-0.4, -0.2) is 47.2 Å². The normalized spacial score (nSPS) is 13.2. The van der Waals surface area contributed by atoms with E-state index in [1.165, 1.54) is 0 Å². The van der Waals surface area contributed by atoms with Crippen LogP contribution in [0.25, 0.3) is 0 Å². The number of carbonyl (C=O) groups excluding carboxylic acids is 1. The molecule has 0 saturated heterocycles. The number of hydrogen-bond acceptors (Lipinski definition) is 3. The second-order valence-electron chi connectivity index (χ2n) is 4.77. The number of nitrogens with zero attached hydrogens (tertiary/aromatic N) is 1. The van der Waals surface area contributed by atoms with Gasteiger partial charge in [0.15, 0.2) is 0 Å². The highest BCUT2D eigenvalue weighted by molar-refractivity contribution is 5.78. The Balaban J connectivity index is 4.55. The molecule has 0 aliphatic carbocycles. The molecule has 0 aromatic carbocycles. The van der Waals surface area contributed by atoms with Crippen LogP contribution < -0.4 is 0 Å². The lowest BCUT2D eigenvalue weighted by atomic mass is 10.0. The number of carboxylic acid groups (broad SMARTS) is 1. The van der Waals surface area contributed by atoms with E-state index in [1.807, 2.05) is 20.8 Å². The largest absolute Gasteiger partial charge is 0.481 e. The van der Waals surface area contributed by atoms with Gasteiger partial charge in [-0.15, -0.1) is 0 Å². The molecule has 0 radical (unpaired) electrons. The summed E-state index contributed by atoms with van der Waals surface area (Å²) in [4.78, 5) is 24.2. The lowest BCUT2D eigenvalue weighted by Crippen LogP contribution is -2.43. The standard InChI is InChI=1S/C12H23NO4/c1-6-13(9(2)7-11(15)16)10(14)8-12(3,4)17-5/h9H,6-8H2,1-5H3,(H,15,16). The van der Waals surface area contributed by atoms with Crippen LogP contribution in [0.15, 0.2) is 0 Å². The van der Waals surface area contributed by atoms with Crippen LogP contribution in [0.2, 0.25) is 0 Å². The Morgan fingerprint density at radius 3 is 2.29 bits per heavy atom. The minimum absolute atomic E-state index is 0.0347. The van der Waals surface area contributed by atoms with Gasteiger partial charge < -0.3 is 14.7 Å². The summed E-state index contributed by atoms with van der Waals surface area (Å²) in [6.07, 6.45) is 0.217. The summed E-state index contributed by atoms with van der Waals surface area (Å²) >= 11 is 0. The molecule has 0 aromatic rings. The zero-order valence-corrected chi connectivity index (χ0v) is 11.3. The predicted molar refractivity (Wildman–Crippen MR) is 64.8 cm³/mol. The molecular formula is C12H23NO4. The Kier molecular flexibility index (Phi) is 6.16. The maximum absolute atomic E-state index is 12.0. The fraction of sp³-hybridized carbons (Fsp3) is 0.833. The van der Waals surface area contributed by atoms with E-state index < -0.39 is 11.6 Å². The van der Waals surface area contributed by atoms with Crippen molar-refractivity contribution in [2.45, 2.75) is 52.2 Å². The Morgan fingerprint density at radius 1 is 1.41 bits per heavy atom. The van der Waals surface area contributed by atoms with Crippen molar-refractivity contribution in [1.29, 1.82) is 0 Å². The first-order valence-electron chi connectivity index (χ1n) is 5.80. The van der Waals surface area contributed by atoms with Crippen LogP contribution >= 0.6 is 0 Å². The van der Waals surface area contributed by atoms with Crippen LogP contribution in [0.1, 0.15) is 40.5 Å². The van der Waals surface area contributed by atoms with Crippen molar-refractivity contribution in [3.05, 3.63) is 0 Å². The van der Waals surface area contributed by atoms with Crippen LogP contribution in [0.5, 0.6) is 0 Å². The molecule has 1 N–H and O–H groups in total. The van der Waals surface area contributed by atoms with E-state index in [4.69, 9.17) is 9.84 Å². The summed E-state index contributed by atoms with van der Waals surface area (Å²) in [5, 5.41) is 8.73. The molecule has 0 saturated carbocycles. The smallest absolute Gasteiger partial charge is 0.305 e. The lowest BCUT2D eigenvalue weighted by Gasteiger charge is -2.31. The number of aliphatic carboxylic acids is 1. The summed E-state index contributed by atoms with van der Waals surface area (Å²) in [6, 6.07) is -0.294. The molecule has 5 nitrogen and oxygen atoms in total. The third kappa shape index (κ3) is 5.68. The van der Waals surface area contributed by atoms with Crippen LogP contribution in [0, 0.1) is 0 Å². The Labute approximate surface area is 103 Å². The highest BCUT2D eigenvalue weighted by Crippen LogP contribution is 2.16. The summed E-state index contributed by atoms with van der Waals surface area (Å²) < 4.78 is 5.20. The van der Waals surface area contributed by atoms with E-state index in [1.54, 1.807) is 18.9 Å². The van der Waals surface area contributed by atoms with Crippen molar-refractivity contribution < 1.29 is 19.4 Å². The van der Waals surface area contributed by atoms with Crippen molar-refractivity contribution in [2.24, 2.45) is 0 Å². The summed E-state index contributed by atoms with van der Waals surface area (Å²) in [5.41, 5.74) is -0.520. The molecule has 0 aliphatic heterocycles. The van der Waals surface area contributed by atoms with Gasteiger partial charge in [0.25, 0.3) is 0 Å². The van der Waals surface area contributed by atoms with Gasteiger partial charge in [0.1, 0.15) is 0 Å². The van der Waals surface area contributed by atoms with Gasteiger partial charge in [0.05, 0.1) is 18.4 Å². The first-order chi connectivity index (χ1) is 7.73. The van der Waals surface area contributed by atoms with E-state index in [0.29, 0.717) is 6.54 Å². The number of amides is 1. The third-order valence-electron chi connectivity index (χ3n) is 2.79. The monoisotopic (exact) mass is 245 g/mol. The average Bonchev–Trinajstić information content (AvgIpc) is 2.16. The van der Waals surface area contributed by atoms with Gasteiger partial charge in [-0.25, -0.2) is 0 Å². The highest BCUT2D eigenvalue weighted by Gasteiger charge is 2.27. The number of rotatable bonds is 7. The van der Waals surface area contributed by atoms with Gasteiger partial charge in [0, 0.05) is 19.7 Å². The molecule has 1 amide bonds. The predicted octanol–water partition coefficient (Wildman–Crippen LogP) is 1.51. The molecule has 5 heteroatoms. The van der Waals surface area contributed by atoms with Crippen molar-refractivity contribution in [1.82, 2.24) is 4.90 Å². The van der Waals surface area contributed by atoms with Crippen molar-refractivity contribution in [2.75, 3.05) is 13.7 Å². The maximum Gasteiger partial charge on any atom is 0.305 e. The molecular weight excluding hydrogens is 222 g/mol. The van der Waals surface area contributed by atoms with Crippen LogP contribution in [-0.2, 0) is 14.3 Å². The van der Waals surface area contributed by atoms with Crippen LogP contribution in [0.4, 0.5) is 0 Å².